The molecule has 0 aliphatic heterocycles. The molecule has 40 heavy (non-hydrogen) atoms. The maximum Gasteiger partial charge on any atom is 0.323 e. The van der Waals surface area contributed by atoms with E-state index in [4.69, 9.17) is 24.7 Å². The second-order valence-electron chi connectivity index (χ2n) is 11.5. The van der Waals surface area contributed by atoms with Crippen LogP contribution in [0, 0.1) is 17.3 Å². The van der Waals surface area contributed by atoms with Gasteiger partial charge in [0, 0.05) is 12.8 Å². The number of rotatable bonds is 16. The highest BCUT2D eigenvalue weighted by molar-refractivity contribution is 5.78. The van der Waals surface area contributed by atoms with E-state index in [1.165, 1.54) is 6.07 Å². The molecule has 0 fully saturated rings. The van der Waals surface area contributed by atoms with E-state index in [-0.39, 0.29) is 48.6 Å². The van der Waals surface area contributed by atoms with Crippen molar-refractivity contribution in [2.45, 2.75) is 119 Å². The highest BCUT2D eigenvalue weighted by Crippen LogP contribution is 2.31. The lowest BCUT2D eigenvalue weighted by atomic mass is 9.90. The van der Waals surface area contributed by atoms with E-state index in [1.807, 2.05) is 34.6 Å². The summed E-state index contributed by atoms with van der Waals surface area (Å²) in [6.45, 7) is 16.7. The van der Waals surface area contributed by atoms with Crippen molar-refractivity contribution in [2.75, 3.05) is 0 Å². The van der Waals surface area contributed by atoms with Gasteiger partial charge in [0.05, 0.1) is 5.41 Å². The zero-order valence-corrected chi connectivity index (χ0v) is 25.7. The molecule has 0 saturated heterocycles. The average molecular weight is 564 g/mol. The van der Waals surface area contributed by atoms with Crippen molar-refractivity contribution in [3.63, 3.8) is 0 Å². The fraction of sp³-hybridized carbons (Fsp3) is 0.677. The first-order chi connectivity index (χ1) is 18.6. The van der Waals surface area contributed by atoms with E-state index in [9.17, 15) is 19.2 Å². The molecular formula is C31H49NO8. The van der Waals surface area contributed by atoms with Gasteiger partial charge in [0.25, 0.3) is 0 Å². The van der Waals surface area contributed by atoms with Crippen LogP contribution in [-0.4, -0.2) is 42.1 Å². The van der Waals surface area contributed by atoms with Crippen LogP contribution in [0.4, 0.5) is 0 Å². The van der Waals surface area contributed by atoms with Crippen molar-refractivity contribution >= 4 is 23.9 Å². The van der Waals surface area contributed by atoms with Crippen LogP contribution in [0.1, 0.15) is 100.0 Å². The normalized spacial score (nSPS) is 15.2. The molecule has 0 aliphatic carbocycles. The maximum absolute atomic E-state index is 12.7. The summed E-state index contributed by atoms with van der Waals surface area (Å²) in [5, 5.41) is 0. The SMILES string of the molecule is CCC(C)CC(=O)Oc1ccc(C[C@H](N)C(=O)O[C@@H](C)[C@H](C)OC(=O)C(C)(C)CC)cc1OC(=O)CC(C)CC. The van der Waals surface area contributed by atoms with Gasteiger partial charge in [-0.05, 0) is 70.1 Å². The third-order valence-corrected chi connectivity index (χ3v) is 7.33. The first-order valence-corrected chi connectivity index (χ1v) is 14.3. The first kappa shape index (κ1) is 35.1. The third-order valence-electron chi connectivity index (χ3n) is 7.33. The van der Waals surface area contributed by atoms with Gasteiger partial charge in [-0.2, -0.15) is 0 Å². The first-order valence-electron chi connectivity index (χ1n) is 14.3. The number of nitrogens with two attached hydrogens (primary N) is 1. The van der Waals surface area contributed by atoms with Crippen LogP contribution < -0.4 is 15.2 Å². The van der Waals surface area contributed by atoms with E-state index in [0.29, 0.717) is 12.0 Å². The van der Waals surface area contributed by atoms with Crippen LogP contribution in [0.15, 0.2) is 18.2 Å². The van der Waals surface area contributed by atoms with Gasteiger partial charge in [-0.15, -0.1) is 0 Å². The second kappa shape index (κ2) is 16.4. The number of hydrogen-bond acceptors (Lipinski definition) is 9. The molecular weight excluding hydrogens is 514 g/mol. The van der Waals surface area contributed by atoms with E-state index in [0.717, 1.165) is 12.8 Å². The second-order valence-corrected chi connectivity index (χ2v) is 11.5. The summed E-state index contributed by atoms with van der Waals surface area (Å²) < 4.78 is 22.1. The van der Waals surface area contributed by atoms with Gasteiger partial charge >= 0.3 is 23.9 Å². The minimum absolute atomic E-state index is 0.0829. The lowest BCUT2D eigenvalue weighted by Gasteiger charge is -2.27. The molecule has 0 saturated carbocycles. The van der Waals surface area contributed by atoms with E-state index >= 15 is 0 Å². The topological polar surface area (TPSA) is 131 Å². The molecule has 0 aliphatic rings. The number of hydrogen-bond donors (Lipinski definition) is 1. The molecule has 226 valence electrons. The smallest absolute Gasteiger partial charge is 0.323 e. The minimum atomic E-state index is -1.03. The van der Waals surface area contributed by atoms with Crippen molar-refractivity contribution in [3.8, 4) is 11.5 Å². The van der Waals surface area contributed by atoms with E-state index in [2.05, 4.69) is 0 Å². The minimum Gasteiger partial charge on any atom is -0.458 e. The highest BCUT2D eigenvalue weighted by Gasteiger charge is 2.31. The fourth-order valence-corrected chi connectivity index (χ4v) is 3.30. The van der Waals surface area contributed by atoms with Gasteiger partial charge in [-0.25, -0.2) is 0 Å². The fourth-order valence-electron chi connectivity index (χ4n) is 3.30. The number of carbonyl (C=O) groups is 4. The Morgan fingerprint density at radius 2 is 1.30 bits per heavy atom. The van der Waals surface area contributed by atoms with Crippen LogP contribution in [0.5, 0.6) is 11.5 Å². The zero-order valence-electron chi connectivity index (χ0n) is 25.7. The molecule has 0 bridgehead atoms. The summed E-state index contributed by atoms with van der Waals surface area (Å²) in [6.07, 6.45) is 1.42. The molecule has 5 atom stereocenters. The average Bonchev–Trinajstić information content (AvgIpc) is 2.89. The Labute approximate surface area is 239 Å². The zero-order chi connectivity index (χ0) is 30.6. The van der Waals surface area contributed by atoms with Crippen molar-refractivity contribution in [1.82, 2.24) is 0 Å². The monoisotopic (exact) mass is 563 g/mol. The summed E-state index contributed by atoms with van der Waals surface area (Å²) in [6, 6.07) is 3.72. The molecule has 2 N–H and O–H groups in total. The number of benzene rings is 1. The lowest BCUT2D eigenvalue weighted by molar-refractivity contribution is -0.172. The molecule has 9 nitrogen and oxygen atoms in total. The van der Waals surface area contributed by atoms with E-state index < -0.39 is 41.6 Å². The quantitative estimate of drug-likeness (QED) is 0.203. The van der Waals surface area contributed by atoms with Crippen LogP contribution >= 0.6 is 0 Å². The number of ether oxygens (including phenoxy) is 4. The predicted molar refractivity (Wildman–Crippen MR) is 153 cm³/mol. The van der Waals surface area contributed by atoms with Crippen molar-refractivity contribution in [3.05, 3.63) is 23.8 Å². The Bertz CT molecular complexity index is 1010. The molecule has 0 spiro atoms. The van der Waals surface area contributed by atoms with Gasteiger partial charge < -0.3 is 24.7 Å². The van der Waals surface area contributed by atoms with Crippen LogP contribution in [-0.2, 0) is 35.1 Å². The number of carbonyl (C=O) groups excluding carboxylic acids is 4. The molecule has 1 aromatic carbocycles. The molecule has 0 radical (unpaired) electrons. The third kappa shape index (κ3) is 11.7. The Balaban J connectivity index is 2.98. The standard InChI is InChI=1S/C31H49NO8/c1-10-19(4)15-27(33)39-25-14-13-23(18-26(25)40-28(34)16-20(5)11-2)17-24(32)29(35)37-21(6)22(7)38-30(36)31(8,9)12-3/h13-14,18-22,24H,10-12,15-17,32H2,1-9H3/t19?,20?,21-,22-,24-/m0/s1. The van der Waals surface area contributed by atoms with Crippen molar-refractivity contribution in [1.29, 1.82) is 0 Å². The van der Waals surface area contributed by atoms with E-state index in [1.54, 1.807) is 39.8 Å². The molecule has 0 heterocycles. The lowest BCUT2D eigenvalue weighted by Crippen LogP contribution is -2.40. The van der Waals surface area contributed by atoms with Gasteiger partial charge in [0.2, 0.25) is 0 Å². The van der Waals surface area contributed by atoms with Crippen LogP contribution in [0.3, 0.4) is 0 Å². The summed E-state index contributed by atoms with van der Waals surface area (Å²) >= 11 is 0. The Kier molecular flexibility index (Phi) is 14.3. The largest absolute Gasteiger partial charge is 0.458 e. The number of esters is 4. The van der Waals surface area contributed by atoms with Crippen LogP contribution in [0.2, 0.25) is 0 Å². The van der Waals surface area contributed by atoms with Gasteiger partial charge in [-0.3, -0.25) is 19.2 Å². The summed E-state index contributed by atoms with van der Waals surface area (Å²) in [5.74, 6) is -1.39. The van der Waals surface area contributed by atoms with Gasteiger partial charge in [0.1, 0.15) is 18.2 Å². The Morgan fingerprint density at radius 3 is 1.80 bits per heavy atom. The Morgan fingerprint density at radius 1 is 0.800 bits per heavy atom. The molecule has 2 unspecified atom stereocenters. The van der Waals surface area contributed by atoms with Gasteiger partial charge in [0.15, 0.2) is 11.5 Å². The van der Waals surface area contributed by atoms with Crippen LogP contribution in [0.25, 0.3) is 0 Å². The van der Waals surface area contributed by atoms with Crippen molar-refractivity contribution < 1.29 is 38.1 Å². The Hall–Kier alpha value is -2.94. The molecule has 1 aromatic rings. The maximum atomic E-state index is 12.7. The predicted octanol–water partition coefficient (Wildman–Crippen LogP) is 5.54. The summed E-state index contributed by atoms with van der Waals surface area (Å²) in [5.41, 5.74) is 6.09. The van der Waals surface area contributed by atoms with Crippen molar-refractivity contribution in [2.24, 2.45) is 23.0 Å². The highest BCUT2D eigenvalue weighted by atomic mass is 16.6. The molecule has 0 amide bonds. The van der Waals surface area contributed by atoms with Gasteiger partial charge in [-0.1, -0.05) is 53.5 Å². The summed E-state index contributed by atoms with van der Waals surface area (Å²) in [7, 11) is 0. The molecule has 1 rings (SSSR count). The molecule has 0 aromatic heterocycles. The molecule has 9 heteroatoms. The summed E-state index contributed by atoms with van der Waals surface area (Å²) in [4.78, 5) is 50.0.